The van der Waals surface area contributed by atoms with Crippen LogP contribution in [-0.2, 0) is 14.3 Å². The van der Waals surface area contributed by atoms with Gasteiger partial charge in [-0.15, -0.1) is 12.4 Å². The van der Waals surface area contributed by atoms with Gasteiger partial charge in [0.05, 0.1) is 17.8 Å². The smallest absolute Gasteiger partial charge is 0.235 e. The fourth-order valence-electron chi connectivity index (χ4n) is 2.69. The summed E-state index contributed by atoms with van der Waals surface area (Å²) in [5, 5.41) is 9.31. The molecule has 0 amide bonds. The highest BCUT2D eigenvalue weighted by Crippen LogP contribution is 2.35. The Labute approximate surface area is 178 Å². The number of allylic oxidation sites excluding steroid dienone is 1. The summed E-state index contributed by atoms with van der Waals surface area (Å²) in [6.45, 7) is 2.02. The van der Waals surface area contributed by atoms with Gasteiger partial charge in [0.1, 0.15) is 0 Å². The van der Waals surface area contributed by atoms with E-state index in [1.165, 1.54) is 0 Å². The lowest BCUT2D eigenvalue weighted by Gasteiger charge is -2.12. The second-order valence-corrected chi connectivity index (χ2v) is 6.52. The van der Waals surface area contributed by atoms with Gasteiger partial charge in [-0.25, -0.2) is 0 Å². The van der Waals surface area contributed by atoms with E-state index in [-0.39, 0.29) is 47.7 Å². The minimum atomic E-state index is -0.427. The molecule has 1 aliphatic heterocycles. The molecule has 1 aliphatic rings. The molecule has 5 nitrogen and oxygen atoms in total. The van der Waals surface area contributed by atoms with Gasteiger partial charge in [0.25, 0.3) is 0 Å². The normalized spacial score (nSPS) is 15.0. The molecule has 3 N–H and O–H groups in total. The second kappa shape index (κ2) is 9.15. The zero-order valence-electron chi connectivity index (χ0n) is 14.8. The summed E-state index contributed by atoms with van der Waals surface area (Å²) in [6.07, 6.45) is 0. The predicted molar refractivity (Wildman–Crippen MR) is 114 cm³/mol. The maximum atomic E-state index is 13.1. The Morgan fingerprint density at radius 3 is 2.14 bits per heavy atom. The molecule has 0 saturated carbocycles. The Bertz CT molecular complexity index is 965. The number of carbonyl (C=O) groups excluding carboxylic acids is 1. The summed E-state index contributed by atoms with van der Waals surface area (Å²) in [6, 6.07) is 13.4. The molecule has 146 valence electrons. The summed E-state index contributed by atoms with van der Waals surface area (Å²) in [4.78, 5) is 13.1. The molecule has 28 heavy (non-hydrogen) atoms. The van der Waals surface area contributed by atoms with Gasteiger partial charge in [-0.3, -0.25) is 10.2 Å². The standard InChI is InChI=1S/C20H16Cl2N2O3.ClH/c1-2-26-19(23)16(12-5-9-14(22)10-6-12)18-17(25)15(20(24)27-18)11-3-7-13(21)8-4-11;/h3-10,23H,2,24H2,1H3;1H. The van der Waals surface area contributed by atoms with E-state index in [1.54, 1.807) is 55.5 Å². The van der Waals surface area contributed by atoms with Gasteiger partial charge in [-0.2, -0.15) is 0 Å². The van der Waals surface area contributed by atoms with Crippen molar-refractivity contribution in [3.8, 4) is 0 Å². The molecule has 0 bridgehead atoms. The van der Waals surface area contributed by atoms with Crippen molar-refractivity contribution in [3.05, 3.63) is 81.3 Å². The van der Waals surface area contributed by atoms with Gasteiger partial charge < -0.3 is 15.2 Å². The first-order valence-electron chi connectivity index (χ1n) is 8.12. The number of rotatable bonds is 4. The van der Waals surface area contributed by atoms with Gasteiger partial charge in [-0.05, 0) is 42.3 Å². The largest absolute Gasteiger partial charge is 0.478 e. The molecule has 1 heterocycles. The van der Waals surface area contributed by atoms with Crippen molar-refractivity contribution < 1.29 is 14.3 Å². The predicted octanol–water partition coefficient (Wildman–Crippen LogP) is 5.07. The number of ether oxygens (including phenoxy) is 2. The van der Waals surface area contributed by atoms with Crippen molar-refractivity contribution in [2.75, 3.05) is 6.61 Å². The molecule has 0 saturated heterocycles. The maximum absolute atomic E-state index is 13.1. The van der Waals surface area contributed by atoms with Crippen LogP contribution in [0.3, 0.4) is 0 Å². The molecular formula is C20H17Cl3N2O3. The number of Topliss-reactive ketones (excluding diaryl/α,β-unsaturated/α-hetero) is 1. The third-order valence-electron chi connectivity index (χ3n) is 3.90. The van der Waals surface area contributed by atoms with E-state index in [2.05, 4.69) is 0 Å². The Balaban J connectivity index is 0.00000280. The van der Waals surface area contributed by atoms with Crippen molar-refractivity contribution in [2.24, 2.45) is 5.73 Å². The number of nitrogens with two attached hydrogens (primary N) is 1. The minimum absolute atomic E-state index is 0. The van der Waals surface area contributed by atoms with Gasteiger partial charge in [0.15, 0.2) is 5.76 Å². The highest BCUT2D eigenvalue weighted by Gasteiger charge is 2.35. The Kier molecular flexibility index (Phi) is 7.13. The number of benzene rings is 2. The average molecular weight is 440 g/mol. The minimum Gasteiger partial charge on any atom is -0.478 e. The molecule has 2 aromatic carbocycles. The molecule has 0 aliphatic carbocycles. The fraction of sp³-hybridized carbons (Fsp3) is 0.100. The van der Waals surface area contributed by atoms with Crippen LogP contribution in [0, 0.1) is 5.41 Å². The first-order valence-corrected chi connectivity index (χ1v) is 8.88. The third kappa shape index (κ3) is 4.33. The van der Waals surface area contributed by atoms with Crippen molar-refractivity contribution in [1.29, 1.82) is 5.41 Å². The van der Waals surface area contributed by atoms with Gasteiger partial charge in [0.2, 0.25) is 17.6 Å². The summed E-state index contributed by atoms with van der Waals surface area (Å²) in [7, 11) is 0. The van der Waals surface area contributed by atoms with Crippen LogP contribution in [0.5, 0.6) is 0 Å². The maximum Gasteiger partial charge on any atom is 0.235 e. The zero-order chi connectivity index (χ0) is 19.6. The van der Waals surface area contributed by atoms with Crippen molar-refractivity contribution in [3.63, 3.8) is 0 Å². The Morgan fingerprint density at radius 1 is 1.07 bits per heavy atom. The molecule has 0 radical (unpaired) electrons. The highest BCUT2D eigenvalue weighted by molar-refractivity contribution is 6.37. The molecule has 8 heteroatoms. The summed E-state index contributed by atoms with van der Waals surface area (Å²) < 4.78 is 10.9. The molecule has 0 aromatic heterocycles. The van der Waals surface area contributed by atoms with E-state index in [1.807, 2.05) is 0 Å². The van der Waals surface area contributed by atoms with Crippen LogP contribution in [0.2, 0.25) is 10.0 Å². The van der Waals surface area contributed by atoms with Crippen LogP contribution < -0.4 is 5.73 Å². The lowest BCUT2D eigenvalue weighted by molar-refractivity contribution is -0.111. The van der Waals surface area contributed by atoms with E-state index in [0.717, 1.165) is 0 Å². The molecule has 0 fully saturated rings. The molecule has 0 unspecified atom stereocenters. The SMILES string of the molecule is CCOC(=N)C(=C1OC(N)=C(c2ccc(Cl)cc2)C1=O)c1ccc(Cl)cc1.Cl. The topological polar surface area (TPSA) is 85.4 Å². The Morgan fingerprint density at radius 2 is 1.61 bits per heavy atom. The highest BCUT2D eigenvalue weighted by atomic mass is 35.5. The van der Waals surface area contributed by atoms with Crippen LogP contribution in [-0.4, -0.2) is 18.3 Å². The molecule has 2 aromatic rings. The molecule has 0 spiro atoms. The zero-order valence-corrected chi connectivity index (χ0v) is 17.1. The van der Waals surface area contributed by atoms with Gasteiger partial charge in [-0.1, -0.05) is 47.5 Å². The first-order chi connectivity index (χ1) is 12.9. The van der Waals surface area contributed by atoms with Crippen LogP contribution in [0.1, 0.15) is 18.1 Å². The van der Waals surface area contributed by atoms with E-state index in [4.69, 9.17) is 43.8 Å². The van der Waals surface area contributed by atoms with Crippen LogP contribution >= 0.6 is 35.6 Å². The molecular weight excluding hydrogens is 423 g/mol. The van der Waals surface area contributed by atoms with E-state index in [0.29, 0.717) is 21.2 Å². The molecule has 0 atom stereocenters. The number of carbonyl (C=O) groups is 1. The first kappa shape index (κ1) is 21.8. The third-order valence-corrected chi connectivity index (χ3v) is 4.40. The molecule has 3 rings (SSSR count). The number of nitrogens with one attached hydrogen (secondary N) is 1. The number of hydrogen-bond acceptors (Lipinski definition) is 5. The summed E-state index contributed by atoms with van der Waals surface area (Å²) in [5.74, 6) is -0.705. The average Bonchev–Trinajstić information content (AvgIpc) is 2.92. The van der Waals surface area contributed by atoms with E-state index < -0.39 is 5.78 Å². The van der Waals surface area contributed by atoms with Crippen molar-refractivity contribution in [2.45, 2.75) is 6.92 Å². The number of ketones is 1. The van der Waals surface area contributed by atoms with E-state index in [9.17, 15) is 4.79 Å². The fourth-order valence-corrected chi connectivity index (χ4v) is 2.94. The lowest BCUT2D eigenvalue weighted by atomic mass is 9.97. The van der Waals surface area contributed by atoms with Gasteiger partial charge >= 0.3 is 0 Å². The van der Waals surface area contributed by atoms with Crippen LogP contribution in [0.25, 0.3) is 11.1 Å². The van der Waals surface area contributed by atoms with Crippen molar-refractivity contribution in [1.82, 2.24) is 0 Å². The summed E-state index contributed by atoms with van der Waals surface area (Å²) in [5.41, 5.74) is 7.55. The monoisotopic (exact) mass is 438 g/mol. The number of halogens is 3. The van der Waals surface area contributed by atoms with E-state index >= 15 is 0 Å². The quantitative estimate of drug-likeness (QED) is 0.396. The van der Waals surface area contributed by atoms with Crippen LogP contribution in [0.4, 0.5) is 0 Å². The van der Waals surface area contributed by atoms with Gasteiger partial charge in [0, 0.05) is 10.0 Å². The summed E-state index contributed by atoms with van der Waals surface area (Å²) >= 11 is 11.9. The Hall–Kier alpha value is -2.47. The van der Waals surface area contributed by atoms with Crippen molar-refractivity contribution >= 4 is 58.4 Å². The lowest BCUT2D eigenvalue weighted by Crippen LogP contribution is -2.12. The van der Waals surface area contributed by atoms with Crippen LogP contribution in [0.15, 0.2) is 60.2 Å². The number of hydrogen-bond donors (Lipinski definition) is 2. The second-order valence-electron chi connectivity index (χ2n) is 5.65.